The van der Waals surface area contributed by atoms with Crippen LogP contribution in [0, 0.1) is 0 Å². The van der Waals surface area contributed by atoms with Crippen molar-refractivity contribution in [3.05, 3.63) is 0 Å². The first-order chi connectivity index (χ1) is 10.2. The standard InChI is InChI=1S/2C6H13NO3S.Mg/c2*8-11(9,10)7-6-4-2-1-3-5-6;/h2*6-7H,1-5H2,(H,8,9,10);/q;;+2/p-2. The van der Waals surface area contributed by atoms with E-state index in [1.807, 2.05) is 0 Å². The second-order valence-corrected chi connectivity index (χ2v) is 8.10. The predicted octanol–water partition coefficient (Wildman–Crippen LogP) is 0.357. The van der Waals surface area contributed by atoms with Gasteiger partial charge in [-0.05, 0) is 25.7 Å². The third-order valence-electron chi connectivity index (χ3n) is 3.83. The molecule has 0 saturated heterocycles. The molecule has 8 nitrogen and oxygen atoms in total. The predicted molar refractivity (Wildman–Crippen MR) is 85.2 cm³/mol. The molecule has 0 aromatic carbocycles. The van der Waals surface area contributed by atoms with Crippen molar-refractivity contribution in [1.29, 1.82) is 0 Å². The van der Waals surface area contributed by atoms with Gasteiger partial charge < -0.3 is 9.11 Å². The van der Waals surface area contributed by atoms with Crippen molar-refractivity contribution >= 4 is 43.7 Å². The van der Waals surface area contributed by atoms with E-state index in [-0.39, 0.29) is 35.1 Å². The average Bonchev–Trinajstić information content (AvgIpc) is 2.38. The summed E-state index contributed by atoms with van der Waals surface area (Å²) in [6.07, 6.45) is 9.61. The average molecular weight is 381 g/mol. The summed E-state index contributed by atoms with van der Waals surface area (Å²) in [5.74, 6) is 0. The maximum absolute atomic E-state index is 10.2. The Hall–Kier alpha value is 0.506. The molecule has 0 radical (unpaired) electrons. The van der Waals surface area contributed by atoms with E-state index < -0.39 is 20.6 Å². The van der Waals surface area contributed by atoms with Gasteiger partial charge in [0.15, 0.2) is 20.6 Å². The first kappa shape index (κ1) is 23.5. The molecule has 11 heteroatoms. The second kappa shape index (κ2) is 11.2. The van der Waals surface area contributed by atoms with Crippen molar-refractivity contribution in [2.24, 2.45) is 0 Å². The Morgan fingerprint density at radius 3 is 1.09 bits per heavy atom. The molecular weight excluding hydrogens is 357 g/mol. The smallest absolute Gasteiger partial charge is 0.735 e. The normalized spacial score (nSPS) is 21.0. The van der Waals surface area contributed by atoms with Crippen LogP contribution in [0.2, 0.25) is 0 Å². The van der Waals surface area contributed by atoms with Crippen LogP contribution < -0.4 is 9.44 Å². The van der Waals surface area contributed by atoms with E-state index >= 15 is 0 Å². The molecule has 23 heavy (non-hydrogen) atoms. The second-order valence-electron chi connectivity index (χ2n) is 5.81. The molecule has 0 bridgehead atoms. The molecule has 0 spiro atoms. The minimum absolute atomic E-state index is 0. The van der Waals surface area contributed by atoms with E-state index in [1.54, 1.807) is 0 Å². The van der Waals surface area contributed by atoms with Crippen LogP contribution in [-0.2, 0) is 20.6 Å². The quantitative estimate of drug-likeness (QED) is 0.533. The zero-order chi connectivity index (χ0) is 16.6. The third-order valence-corrected chi connectivity index (χ3v) is 5.08. The minimum atomic E-state index is -4.22. The Balaban J connectivity index is 0.000000403. The van der Waals surface area contributed by atoms with Gasteiger partial charge in [0.2, 0.25) is 0 Å². The van der Waals surface area contributed by atoms with Crippen LogP contribution in [0.5, 0.6) is 0 Å². The monoisotopic (exact) mass is 380 g/mol. The van der Waals surface area contributed by atoms with Gasteiger partial charge in [-0.1, -0.05) is 38.5 Å². The van der Waals surface area contributed by atoms with Gasteiger partial charge in [-0.25, -0.2) is 26.3 Å². The summed E-state index contributed by atoms with van der Waals surface area (Å²) >= 11 is 0. The van der Waals surface area contributed by atoms with Gasteiger partial charge in [0.25, 0.3) is 0 Å². The fraction of sp³-hybridized carbons (Fsp3) is 1.00. The van der Waals surface area contributed by atoms with E-state index in [2.05, 4.69) is 9.44 Å². The number of hydrogen-bond acceptors (Lipinski definition) is 6. The SMILES string of the molecule is O=S(=O)([O-])NC1CCCCC1.O=S(=O)([O-])NC1CCCCC1.[Mg+2]. The molecule has 2 aliphatic rings. The molecule has 2 rings (SSSR count). The van der Waals surface area contributed by atoms with Crippen LogP contribution in [0.1, 0.15) is 64.2 Å². The Bertz CT molecular complexity index is 466. The van der Waals surface area contributed by atoms with Crippen molar-refractivity contribution in [2.45, 2.75) is 76.3 Å². The fourth-order valence-electron chi connectivity index (χ4n) is 2.85. The third kappa shape index (κ3) is 13.5. The molecule has 2 aliphatic carbocycles. The summed E-state index contributed by atoms with van der Waals surface area (Å²) in [5, 5.41) is 0. The first-order valence-electron chi connectivity index (χ1n) is 7.62. The summed E-state index contributed by atoms with van der Waals surface area (Å²) in [4.78, 5) is 0. The Morgan fingerprint density at radius 1 is 0.609 bits per heavy atom. The summed E-state index contributed by atoms with van der Waals surface area (Å²) in [5.41, 5.74) is 0. The van der Waals surface area contributed by atoms with Crippen molar-refractivity contribution in [3.63, 3.8) is 0 Å². The molecule has 0 atom stereocenters. The van der Waals surface area contributed by atoms with Gasteiger partial charge >= 0.3 is 23.1 Å². The Morgan fingerprint density at radius 2 is 0.870 bits per heavy atom. The van der Waals surface area contributed by atoms with Crippen molar-refractivity contribution in [1.82, 2.24) is 9.44 Å². The van der Waals surface area contributed by atoms with Gasteiger partial charge in [0, 0.05) is 12.1 Å². The van der Waals surface area contributed by atoms with Crippen LogP contribution in [0.15, 0.2) is 0 Å². The van der Waals surface area contributed by atoms with Crippen LogP contribution in [-0.4, -0.2) is 61.1 Å². The summed E-state index contributed by atoms with van der Waals surface area (Å²) in [6, 6.07) is -0.211. The molecule has 0 aromatic rings. The van der Waals surface area contributed by atoms with Gasteiger partial charge in [-0.3, -0.25) is 0 Å². The molecule has 2 N–H and O–H groups in total. The van der Waals surface area contributed by atoms with E-state index in [0.717, 1.165) is 64.2 Å². The van der Waals surface area contributed by atoms with Gasteiger partial charge in [-0.15, -0.1) is 0 Å². The maximum Gasteiger partial charge on any atom is 2.00 e. The van der Waals surface area contributed by atoms with Gasteiger partial charge in [-0.2, -0.15) is 0 Å². The Labute approximate surface area is 155 Å². The summed E-state index contributed by atoms with van der Waals surface area (Å²) in [7, 11) is -8.45. The van der Waals surface area contributed by atoms with Gasteiger partial charge in [0.1, 0.15) is 0 Å². The molecule has 0 unspecified atom stereocenters. The summed E-state index contributed by atoms with van der Waals surface area (Å²) < 4.78 is 65.5. The number of rotatable bonds is 4. The number of hydrogen-bond donors (Lipinski definition) is 2. The molecular formula is C12H24MgN2O6S2. The molecule has 0 aromatic heterocycles. The van der Waals surface area contributed by atoms with Gasteiger partial charge in [0.05, 0.1) is 0 Å². The molecule has 2 fully saturated rings. The summed E-state index contributed by atoms with van der Waals surface area (Å²) in [6.45, 7) is 0. The fourth-order valence-corrected chi connectivity index (χ4v) is 4.14. The van der Waals surface area contributed by atoms with Crippen LogP contribution in [0.4, 0.5) is 0 Å². The molecule has 0 heterocycles. The largest absolute Gasteiger partial charge is 2.00 e. The van der Waals surface area contributed by atoms with E-state index in [1.165, 1.54) is 0 Å². The van der Waals surface area contributed by atoms with E-state index in [9.17, 15) is 25.9 Å². The topological polar surface area (TPSA) is 138 Å². The molecule has 132 valence electrons. The van der Waals surface area contributed by atoms with E-state index in [0.29, 0.717) is 0 Å². The number of nitrogens with one attached hydrogen (secondary N) is 2. The minimum Gasteiger partial charge on any atom is -0.735 e. The van der Waals surface area contributed by atoms with E-state index in [4.69, 9.17) is 0 Å². The van der Waals surface area contributed by atoms with Crippen LogP contribution >= 0.6 is 0 Å². The molecule has 2 saturated carbocycles. The van der Waals surface area contributed by atoms with Crippen molar-refractivity contribution in [2.75, 3.05) is 0 Å². The maximum atomic E-state index is 10.2. The van der Waals surface area contributed by atoms with Crippen LogP contribution in [0.3, 0.4) is 0 Å². The van der Waals surface area contributed by atoms with Crippen molar-refractivity contribution < 1.29 is 25.9 Å². The Kier molecular flexibility index (Phi) is 11.4. The molecule has 0 aliphatic heterocycles. The molecule has 0 amide bonds. The first-order valence-corrected chi connectivity index (χ1v) is 10.4. The van der Waals surface area contributed by atoms with Crippen LogP contribution in [0.25, 0.3) is 0 Å². The zero-order valence-electron chi connectivity index (χ0n) is 13.2. The zero-order valence-corrected chi connectivity index (χ0v) is 16.2. The van der Waals surface area contributed by atoms with Crippen molar-refractivity contribution in [3.8, 4) is 0 Å².